The van der Waals surface area contributed by atoms with Gasteiger partial charge >= 0.3 is 0 Å². The quantitative estimate of drug-likeness (QED) is 0.757. The molecule has 4 heteroatoms. The molecule has 0 unspecified atom stereocenters. The van der Waals surface area contributed by atoms with Gasteiger partial charge in [-0.25, -0.2) is 8.78 Å². The number of rotatable bonds is 1. The van der Waals surface area contributed by atoms with Gasteiger partial charge in [0, 0.05) is 10.0 Å². The normalized spacial score (nSPS) is 11.1. The van der Waals surface area contributed by atoms with Gasteiger partial charge in [-0.05, 0) is 26.0 Å². The molecule has 0 heterocycles. The molecule has 1 nitrogen and oxygen atoms in total. The summed E-state index contributed by atoms with van der Waals surface area (Å²) in [7, 11) is 0. The lowest BCUT2D eigenvalue weighted by Crippen LogP contribution is -2.18. The first-order valence-corrected chi connectivity index (χ1v) is 4.74. The highest BCUT2D eigenvalue weighted by atomic mass is 79.9. The molecular formula is C10H8BrF2N. The van der Waals surface area contributed by atoms with E-state index in [0.717, 1.165) is 12.1 Å². The molecule has 0 aliphatic rings. The minimum Gasteiger partial charge on any atom is -0.206 e. The lowest BCUT2D eigenvalue weighted by molar-refractivity contribution is 0.508. The van der Waals surface area contributed by atoms with E-state index in [9.17, 15) is 8.78 Å². The van der Waals surface area contributed by atoms with Gasteiger partial charge in [-0.1, -0.05) is 15.9 Å². The number of hydrogen-bond donors (Lipinski definition) is 0. The summed E-state index contributed by atoms with van der Waals surface area (Å²) in [6, 6.07) is 4.16. The van der Waals surface area contributed by atoms with Crippen LogP contribution < -0.4 is 0 Å². The zero-order valence-electron chi connectivity index (χ0n) is 7.74. The van der Waals surface area contributed by atoms with E-state index < -0.39 is 17.0 Å². The second-order valence-corrected chi connectivity index (χ2v) is 4.40. The Labute approximate surface area is 89.5 Å². The topological polar surface area (TPSA) is 23.8 Å². The average Bonchev–Trinajstić information content (AvgIpc) is 2.01. The summed E-state index contributed by atoms with van der Waals surface area (Å²) < 4.78 is 27.1. The zero-order chi connectivity index (χ0) is 10.9. The zero-order valence-corrected chi connectivity index (χ0v) is 9.32. The molecule has 0 aliphatic carbocycles. The predicted octanol–water partition coefficient (Wildman–Crippen LogP) is 3.53. The Morgan fingerprint density at radius 1 is 1.29 bits per heavy atom. The third kappa shape index (κ3) is 1.93. The van der Waals surface area contributed by atoms with Crippen molar-refractivity contribution in [1.29, 1.82) is 5.26 Å². The Morgan fingerprint density at radius 3 is 2.07 bits per heavy atom. The van der Waals surface area contributed by atoms with Crippen LogP contribution in [0.5, 0.6) is 0 Å². The van der Waals surface area contributed by atoms with E-state index >= 15 is 0 Å². The number of nitriles is 1. The second kappa shape index (κ2) is 3.66. The molecule has 0 aromatic heterocycles. The van der Waals surface area contributed by atoms with Crippen LogP contribution in [0.15, 0.2) is 16.6 Å². The van der Waals surface area contributed by atoms with Gasteiger partial charge in [0.1, 0.15) is 11.6 Å². The monoisotopic (exact) mass is 259 g/mol. The number of benzene rings is 1. The van der Waals surface area contributed by atoms with Crippen molar-refractivity contribution < 1.29 is 8.78 Å². The van der Waals surface area contributed by atoms with Crippen LogP contribution in [-0.2, 0) is 5.41 Å². The van der Waals surface area contributed by atoms with Crippen molar-refractivity contribution in [2.75, 3.05) is 0 Å². The predicted molar refractivity (Wildman–Crippen MR) is 52.7 cm³/mol. The van der Waals surface area contributed by atoms with Gasteiger partial charge in [-0.3, -0.25) is 0 Å². The van der Waals surface area contributed by atoms with E-state index in [1.54, 1.807) is 0 Å². The molecule has 1 rings (SSSR count). The molecule has 0 saturated heterocycles. The Balaban J connectivity index is 3.44. The van der Waals surface area contributed by atoms with Crippen LogP contribution in [0, 0.1) is 23.0 Å². The summed E-state index contributed by atoms with van der Waals surface area (Å²) in [5, 5.41) is 8.77. The van der Waals surface area contributed by atoms with Crippen LogP contribution in [0.3, 0.4) is 0 Å². The van der Waals surface area contributed by atoms with Gasteiger partial charge in [0.2, 0.25) is 0 Å². The van der Waals surface area contributed by atoms with Gasteiger partial charge in [0.25, 0.3) is 0 Å². The van der Waals surface area contributed by atoms with Crippen LogP contribution in [0.2, 0.25) is 0 Å². The first kappa shape index (κ1) is 11.1. The minimum atomic E-state index is -1.16. The number of halogens is 3. The lowest BCUT2D eigenvalue weighted by atomic mass is 9.85. The standard InChI is InChI=1S/C10H8BrF2N/c1-10(2,5-14)9-7(12)3-6(11)4-8(9)13/h3-4H,1-2H3. The van der Waals surface area contributed by atoms with E-state index in [-0.39, 0.29) is 5.56 Å². The van der Waals surface area contributed by atoms with Gasteiger partial charge in [0.05, 0.1) is 11.5 Å². The first-order chi connectivity index (χ1) is 6.38. The second-order valence-electron chi connectivity index (χ2n) is 3.48. The Hall–Kier alpha value is -0.950. The van der Waals surface area contributed by atoms with Gasteiger partial charge in [0.15, 0.2) is 0 Å². The molecule has 0 N–H and O–H groups in total. The van der Waals surface area contributed by atoms with Crippen molar-refractivity contribution in [3.8, 4) is 6.07 Å². The van der Waals surface area contributed by atoms with Crippen molar-refractivity contribution in [3.05, 3.63) is 33.8 Å². The van der Waals surface area contributed by atoms with Crippen LogP contribution in [0.4, 0.5) is 8.78 Å². The van der Waals surface area contributed by atoms with Crippen LogP contribution in [0.1, 0.15) is 19.4 Å². The largest absolute Gasteiger partial charge is 0.206 e. The maximum atomic E-state index is 13.4. The van der Waals surface area contributed by atoms with Crippen molar-refractivity contribution in [2.24, 2.45) is 0 Å². The van der Waals surface area contributed by atoms with E-state index in [4.69, 9.17) is 5.26 Å². The summed E-state index contributed by atoms with van der Waals surface area (Å²) in [4.78, 5) is 0. The van der Waals surface area contributed by atoms with Gasteiger partial charge < -0.3 is 0 Å². The van der Waals surface area contributed by atoms with E-state index in [0.29, 0.717) is 4.47 Å². The highest BCUT2D eigenvalue weighted by molar-refractivity contribution is 9.10. The van der Waals surface area contributed by atoms with Crippen LogP contribution >= 0.6 is 15.9 Å². The molecular weight excluding hydrogens is 252 g/mol. The SMILES string of the molecule is CC(C)(C#N)c1c(F)cc(Br)cc1F. The fourth-order valence-electron chi connectivity index (χ4n) is 1.20. The maximum Gasteiger partial charge on any atom is 0.132 e. The molecule has 0 atom stereocenters. The smallest absolute Gasteiger partial charge is 0.132 e. The number of nitrogens with zero attached hydrogens (tertiary/aromatic N) is 1. The first-order valence-electron chi connectivity index (χ1n) is 3.95. The Kier molecular flexibility index (Phi) is 2.91. The molecule has 0 radical (unpaired) electrons. The number of hydrogen-bond acceptors (Lipinski definition) is 1. The Morgan fingerprint density at radius 2 is 1.71 bits per heavy atom. The average molecular weight is 260 g/mol. The van der Waals surface area contributed by atoms with Crippen molar-refractivity contribution in [1.82, 2.24) is 0 Å². The van der Waals surface area contributed by atoms with Crippen molar-refractivity contribution >= 4 is 15.9 Å². The van der Waals surface area contributed by atoms with E-state index in [1.807, 2.05) is 6.07 Å². The van der Waals surface area contributed by atoms with Gasteiger partial charge in [-0.2, -0.15) is 5.26 Å². The van der Waals surface area contributed by atoms with Gasteiger partial charge in [-0.15, -0.1) is 0 Å². The molecule has 1 aromatic carbocycles. The summed E-state index contributed by atoms with van der Waals surface area (Å²) in [6.45, 7) is 2.95. The summed E-state index contributed by atoms with van der Waals surface area (Å²) in [6.07, 6.45) is 0. The molecule has 0 spiro atoms. The molecule has 0 amide bonds. The fraction of sp³-hybridized carbons (Fsp3) is 0.300. The Bertz CT molecular complexity index is 384. The molecule has 74 valence electrons. The van der Waals surface area contributed by atoms with Crippen LogP contribution in [-0.4, -0.2) is 0 Å². The molecule has 1 aromatic rings. The molecule has 14 heavy (non-hydrogen) atoms. The summed E-state index contributed by atoms with van der Waals surface area (Å²) in [5.74, 6) is -1.41. The highest BCUT2D eigenvalue weighted by Gasteiger charge is 2.27. The van der Waals surface area contributed by atoms with Crippen LogP contribution in [0.25, 0.3) is 0 Å². The third-order valence-corrected chi connectivity index (χ3v) is 2.37. The molecule has 0 aliphatic heterocycles. The lowest BCUT2D eigenvalue weighted by Gasteiger charge is -2.17. The third-order valence-electron chi connectivity index (χ3n) is 1.91. The van der Waals surface area contributed by atoms with E-state index in [2.05, 4.69) is 15.9 Å². The maximum absolute atomic E-state index is 13.4. The van der Waals surface area contributed by atoms with Crippen molar-refractivity contribution in [2.45, 2.75) is 19.3 Å². The fourth-order valence-corrected chi connectivity index (χ4v) is 1.60. The summed E-state index contributed by atoms with van der Waals surface area (Å²) in [5.41, 5.74) is -1.35. The van der Waals surface area contributed by atoms with Crippen molar-refractivity contribution in [3.63, 3.8) is 0 Å². The molecule has 0 bridgehead atoms. The molecule has 0 saturated carbocycles. The molecule has 0 fully saturated rings. The minimum absolute atomic E-state index is 0.191. The summed E-state index contributed by atoms with van der Waals surface area (Å²) >= 11 is 2.97. The highest BCUT2D eigenvalue weighted by Crippen LogP contribution is 2.29. The van der Waals surface area contributed by atoms with E-state index in [1.165, 1.54) is 13.8 Å².